The number of nitrogens with zero attached hydrogens (tertiary/aromatic N) is 2. The van der Waals surface area contributed by atoms with Gasteiger partial charge in [0.1, 0.15) is 0 Å². The van der Waals surface area contributed by atoms with Crippen LogP contribution in [0.4, 0.5) is 0 Å². The van der Waals surface area contributed by atoms with Crippen molar-refractivity contribution in [3.05, 3.63) is 0 Å². The van der Waals surface area contributed by atoms with Crippen molar-refractivity contribution in [1.82, 2.24) is 20.4 Å². The van der Waals surface area contributed by atoms with Crippen molar-refractivity contribution < 1.29 is 15.3 Å². The van der Waals surface area contributed by atoms with Gasteiger partial charge in [-0.1, -0.05) is 175 Å². The van der Waals surface area contributed by atoms with Gasteiger partial charge in [0.05, 0.1) is 18.3 Å². The van der Waals surface area contributed by atoms with Crippen molar-refractivity contribution in [1.29, 1.82) is 0 Å². The first-order valence-electron chi connectivity index (χ1n) is 22.9. The van der Waals surface area contributed by atoms with E-state index in [-0.39, 0.29) is 18.3 Å². The molecule has 0 spiro atoms. The van der Waals surface area contributed by atoms with Gasteiger partial charge in [0, 0.05) is 58.4 Å². The fourth-order valence-electron chi connectivity index (χ4n) is 7.88. The van der Waals surface area contributed by atoms with Gasteiger partial charge in [-0.05, 0) is 32.2 Å². The average molecular weight is 725 g/mol. The molecule has 4 atom stereocenters. The fraction of sp³-hybridized carbons (Fsp3) is 1.00. The molecule has 0 saturated carbocycles. The summed E-state index contributed by atoms with van der Waals surface area (Å²) >= 11 is 0. The molecule has 7 heteroatoms. The summed E-state index contributed by atoms with van der Waals surface area (Å²) in [4.78, 5) is 4.98. The molecule has 0 aromatic rings. The zero-order valence-electron chi connectivity index (χ0n) is 34.7. The topological polar surface area (TPSA) is 91.2 Å². The first kappa shape index (κ1) is 48.7. The van der Waals surface area contributed by atoms with E-state index in [0.29, 0.717) is 25.7 Å². The van der Waals surface area contributed by atoms with Crippen molar-refractivity contribution >= 4 is 0 Å². The van der Waals surface area contributed by atoms with Crippen molar-refractivity contribution in [3.63, 3.8) is 0 Å². The Morgan fingerprint density at radius 1 is 0.588 bits per heavy atom. The maximum Gasteiger partial charge on any atom is 0.0667 e. The van der Waals surface area contributed by atoms with E-state index in [1.165, 1.54) is 135 Å². The number of nitrogens with one attached hydrogen (secondary N) is 2. The molecule has 306 valence electrons. The zero-order chi connectivity index (χ0) is 37.0. The maximum absolute atomic E-state index is 11.1. The van der Waals surface area contributed by atoms with Gasteiger partial charge in [-0.2, -0.15) is 0 Å². The third kappa shape index (κ3) is 30.7. The van der Waals surface area contributed by atoms with Crippen LogP contribution in [0.2, 0.25) is 0 Å². The van der Waals surface area contributed by atoms with E-state index >= 15 is 0 Å². The summed E-state index contributed by atoms with van der Waals surface area (Å²) in [5, 5.41) is 39.8. The highest BCUT2D eigenvalue weighted by atomic mass is 16.3. The summed E-state index contributed by atoms with van der Waals surface area (Å²) in [6, 6.07) is 0.458. The zero-order valence-corrected chi connectivity index (χ0v) is 34.7. The first-order valence-corrected chi connectivity index (χ1v) is 22.9. The van der Waals surface area contributed by atoms with Gasteiger partial charge in [0.15, 0.2) is 0 Å². The number of aliphatic hydroxyl groups is 3. The van der Waals surface area contributed by atoms with E-state index in [0.717, 1.165) is 84.2 Å². The summed E-state index contributed by atoms with van der Waals surface area (Å²) in [7, 11) is 0. The SMILES string of the molecule is CCCCCCCCCCC(O)CNCCN1CCNCC1CCN(CC(O)CCCCCCCCCC)CC(O)CCCCCCCCCC. The molecular weight excluding hydrogens is 633 g/mol. The Morgan fingerprint density at radius 3 is 1.45 bits per heavy atom. The summed E-state index contributed by atoms with van der Waals surface area (Å²) in [6.45, 7) is 14.7. The molecule has 0 bridgehead atoms. The predicted molar refractivity (Wildman–Crippen MR) is 222 cm³/mol. The average Bonchev–Trinajstić information content (AvgIpc) is 3.12. The van der Waals surface area contributed by atoms with Gasteiger partial charge in [0.25, 0.3) is 0 Å². The van der Waals surface area contributed by atoms with Gasteiger partial charge in [0.2, 0.25) is 0 Å². The number of aliphatic hydroxyl groups excluding tert-OH is 3. The minimum absolute atomic E-state index is 0.244. The molecule has 51 heavy (non-hydrogen) atoms. The van der Waals surface area contributed by atoms with Crippen LogP contribution in [0.25, 0.3) is 0 Å². The molecular formula is C44H92N4O3. The fourth-order valence-corrected chi connectivity index (χ4v) is 7.88. The minimum Gasteiger partial charge on any atom is -0.392 e. The van der Waals surface area contributed by atoms with Crippen molar-refractivity contribution in [2.24, 2.45) is 0 Å². The number of unbranched alkanes of at least 4 members (excludes halogenated alkanes) is 21. The summed E-state index contributed by atoms with van der Waals surface area (Å²) in [6.07, 6.45) is 33.9. The summed E-state index contributed by atoms with van der Waals surface area (Å²) in [5.41, 5.74) is 0. The Labute approximate surface area is 318 Å². The summed E-state index contributed by atoms with van der Waals surface area (Å²) < 4.78 is 0. The summed E-state index contributed by atoms with van der Waals surface area (Å²) in [5.74, 6) is 0. The molecule has 7 nitrogen and oxygen atoms in total. The molecule has 5 N–H and O–H groups in total. The van der Waals surface area contributed by atoms with Crippen molar-refractivity contribution in [2.45, 2.75) is 225 Å². The monoisotopic (exact) mass is 725 g/mol. The molecule has 1 aliphatic rings. The van der Waals surface area contributed by atoms with E-state index < -0.39 is 0 Å². The van der Waals surface area contributed by atoms with Crippen LogP contribution in [0.1, 0.15) is 201 Å². The molecule has 1 heterocycles. The third-order valence-electron chi connectivity index (χ3n) is 11.3. The Kier molecular flexibility index (Phi) is 35.1. The van der Waals surface area contributed by atoms with Crippen LogP contribution in [0.5, 0.6) is 0 Å². The second kappa shape index (κ2) is 36.7. The van der Waals surface area contributed by atoms with Crippen LogP contribution < -0.4 is 10.6 Å². The van der Waals surface area contributed by atoms with Gasteiger partial charge < -0.3 is 26.0 Å². The molecule has 4 unspecified atom stereocenters. The van der Waals surface area contributed by atoms with Crippen LogP contribution in [-0.2, 0) is 0 Å². The Hall–Kier alpha value is -0.280. The second-order valence-electron chi connectivity index (χ2n) is 16.4. The minimum atomic E-state index is -0.317. The lowest BCUT2D eigenvalue weighted by atomic mass is 10.0. The van der Waals surface area contributed by atoms with Crippen molar-refractivity contribution in [3.8, 4) is 0 Å². The van der Waals surface area contributed by atoms with Crippen LogP contribution in [-0.4, -0.2) is 108 Å². The lowest BCUT2D eigenvalue weighted by molar-refractivity contribution is 0.0522. The van der Waals surface area contributed by atoms with E-state index in [9.17, 15) is 15.3 Å². The lowest BCUT2D eigenvalue weighted by Crippen LogP contribution is -2.54. The highest BCUT2D eigenvalue weighted by molar-refractivity contribution is 4.82. The molecule has 0 amide bonds. The predicted octanol–water partition coefficient (Wildman–Crippen LogP) is 9.22. The molecule has 1 rings (SSSR count). The number of hydrogen-bond donors (Lipinski definition) is 5. The molecule has 0 aliphatic carbocycles. The van der Waals surface area contributed by atoms with E-state index in [4.69, 9.17) is 0 Å². The Balaban J connectivity index is 2.45. The Bertz CT molecular complexity index is 673. The molecule has 1 aliphatic heterocycles. The largest absolute Gasteiger partial charge is 0.392 e. The van der Waals surface area contributed by atoms with E-state index in [1.807, 2.05) is 0 Å². The van der Waals surface area contributed by atoms with E-state index in [2.05, 4.69) is 41.2 Å². The number of hydrogen-bond acceptors (Lipinski definition) is 7. The van der Waals surface area contributed by atoms with Gasteiger partial charge in [-0.25, -0.2) is 0 Å². The van der Waals surface area contributed by atoms with Gasteiger partial charge in [-0.3, -0.25) is 9.80 Å². The molecule has 0 aromatic carbocycles. The van der Waals surface area contributed by atoms with Crippen molar-refractivity contribution in [2.75, 3.05) is 58.9 Å². The maximum atomic E-state index is 11.1. The molecule has 0 aromatic heterocycles. The van der Waals surface area contributed by atoms with E-state index in [1.54, 1.807) is 0 Å². The number of rotatable bonds is 39. The second-order valence-corrected chi connectivity index (χ2v) is 16.4. The first-order chi connectivity index (χ1) is 25.0. The highest BCUT2D eigenvalue weighted by Crippen LogP contribution is 2.16. The van der Waals surface area contributed by atoms with Crippen LogP contribution in [0.15, 0.2) is 0 Å². The van der Waals surface area contributed by atoms with Crippen LogP contribution in [0, 0.1) is 0 Å². The quantitative estimate of drug-likeness (QED) is 0.0404. The molecule has 1 fully saturated rings. The smallest absolute Gasteiger partial charge is 0.0667 e. The van der Waals surface area contributed by atoms with Gasteiger partial charge >= 0.3 is 0 Å². The molecule has 1 saturated heterocycles. The lowest BCUT2D eigenvalue weighted by Gasteiger charge is -2.38. The Morgan fingerprint density at radius 2 is 1.00 bits per heavy atom. The number of piperazine rings is 1. The van der Waals surface area contributed by atoms with Crippen LogP contribution >= 0.6 is 0 Å². The normalized spacial score (nSPS) is 17.4. The third-order valence-corrected chi connectivity index (χ3v) is 11.3. The molecule has 0 radical (unpaired) electrons. The highest BCUT2D eigenvalue weighted by Gasteiger charge is 2.24. The van der Waals surface area contributed by atoms with Gasteiger partial charge in [-0.15, -0.1) is 0 Å². The standard InChI is InChI=1S/C44H92N4O3/c1-4-7-10-13-16-19-22-25-28-42(49)38-46-33-36-48-35-32-45-37-41(48)31-34-47(39-43(50)29-26-23-20-17-14-11-8-5-2)40-44(51)30-27-24-21-18-15-12-9-6-3/h41-46,49-51H,4-40H2,1-3H3. The van der Waals surface area contributed by atoms with Crippen LogP contribution in [0.3, 0.4) is 0 Å².